The molecule has 0 spiro atoms. The van der Waals surface area contributed by atoms with E-state index in [4.69, 9.17) is 0 Å². The summed E-state index contributed by atoms with van der Waals surface area (Å²) in [6.07, 6.45) is 1.78. The predicted octanol–water partition coefficient (Wildman–Crippen LogP) is 5.70. The molecule has 5 heteroatoms. The second-order valence-corrected chi connectivity index (χ2v) is 7.00. The summed E-state index contributed by atoms with van der Waals surface area (Å²) in [5, 5.41) is 2.90. The van der Waals surface area contributed by atoms with Crippen molar-refractivity contribution < 1.29 is 9.18 Å². The van der Waals surface area contributed by atoms with Gasteiger partial charge in [-0.2, -0.15) is 0 Å². The van der Waals surface area contributed by atoms with Gasteiger partial charge in [0.15, 0.2) is 0 Å². The van der Waals surface area contributed by atoms with E-state index >= 15 is 0 Å². The molecule has 0 radical (unpaired) electrons. The Bertz CT molecular complexity index is 941. The fourth-order valence-corrected chi connectivity index (χ4v) is 3.05. The number of anilines is 1. The lowest BCUT2D eigenvalue weighted by Gasteiger charge is -2.13. The topological polar surface area (TPSA) is 42.0 Å². The third-order valence-corrected chi connectivity index (χ3v) is 4.83. The Kier molecular flexibility index (Phi) is 5.47. The van der Waals surface area contributed by atoms with Crippen molar-refractivity contribution in [2.24, 2.45) is 0 Å². The number of aryl methyl sites for hydroxylation is 1. The van der Waals surface area contributed by atoms with Gasteiger partial charge in [0.25, 0.3) is 0 Å². The third-order valence-electron chi connectivity index (χ3n) is 4.22. The number of halogens is 2. The summed E-state index contributed by atoms with van der Waals surface area (Å²) in [4.78, 5) is 16.7. The van der Waals surface area contributed by atoms with Crippen molar-refractivity contribution >= 4 is 27.5 Å². The van der Waals surface area contributed by atoms with E-state index in [1.165, 1.54) is 6.07 Å². The van der Waals surface area contributed by atoms with Crippen LogP contribution in [0.15, 0.2) is 65.3 Å². The van der Waals surface area contributed by atoms with Gasteiger partial charge in [0.2, 0.25) is 5.91 Å². The van der Waals surface area contributed by atoms with Crippen LogP contribution in [-0.2, 0) is 4.79 Å². The standard InChI is InChI=1S/C21H18BrFN2O/c1-13-11-17(9-10-24-13)15-3-6-18(7-4-15)25-21(26)14(2)16-5-8-20(23)19(22)12-16/h3-12,14H,1-2H3,(H,25,26). The molecule has 0 saturated carbocycles. The molecule has 0 aliphatic carbocycles. The van der Waals surface area contributed by atoms with Gasteiger partial charge in [-0.25, -0.2) is 4.39 Å². The van der Waals surface area contributed by atoms with E-state index in [0.717, 1.165) is 28.1 Å². The number of pyridine rings is 1. The smallest absolute Gasteiger partial charge is 0.231 e. The van der Waals surface area contributed by atoms with Crippen molar-refractivity contribution in [1.29, 1.82) is 0 Å². The number of carbonyl (C=O) groups excluding carboxylic acids is 1. The zero-order chi connectivity index (χ0) is 18.7. The average Bonchev–Trinajstić information content (AvgIpc) is 2.64. The van der Waals surface area contributed by atoms with Crippen molar-refractivity contribution in [1.82, 2.24) is 4.98 Å². The Hall–Kier alpha value is -2.53. The number of aromatic nitrogens is 1. The normalized spacial score (nSPS) is 11.8. The van der Waals surface area contributed by atoms with E-state index in [2.05, 4.69) is 26.2 Å². The minimum absolute atomic E-state index is 0.143. The van der Waals surface area contributed by atoms with E-state index < -0.39 is 5.92 Å². The fraction of sp³-hybridized carbons (Fsp3) is 0.143. The molecule has 0 saturated heterocycles. The zero-order valence-corrected chi connectivity index (χ0v) is 16.0. The van der Waals surface area contributed by atoms with Gasteiger partial charge in [-0.3, -0.25) is 9.78 Å². The molecule has 2 aromatic carbocycles. The lowest BCUT2D eigenvalue weighted by atomic mass is 10.00. The summed E-state index contributed by atoms with van der Waals surface area (Å²) >= 11 is 3.15. The number of amides is 1. The molecule has 1 N–H and O–H groups in total. The van der Waals surface area contributed by atoms with Crippen LogP contribution >= 0.6 is 15.9 Å². The minimum atomic E-state index is -0.394. The Morgan fingerprint density at radius 2 is 1.81 bits per heavy atom. The molecule has 1 aromatic heterocycles. The monoisotopic (exact) mass is 412 g/mol. The summed E-state index contributed by atoms with van der Waals surface area (Å²) in [5.74, 6) is -0.881. The van der Waals surface area contributed by atoms with E-state index in [-0.39, 0.29) is 11.7 Å². The largest absolute Gasteiger partial charge is 0.326 e. The summed E-state index contributed by atoms with van der Waals surface area (Å²) in [6, 6.07) is 16.2. The van der Waals surface area contributed by atoms with Gasteiger partial charge < -0.3 is 5.32 Å². The molecule has 1 amide bonds. The van der Waals surface area contributed by atoms with Crippen LogP contribution < -0.4 is 5.32 Å². The molecule has 3 nitrogen and oxygen atoms in total. The van der Waals surface area contributed by atoms with Crippen LogP contribution in [0.2, 0.25) is 0 Å². The first-order valence-electron chi connectivity index (χ1n) is 8.23. The number of nitrogens with one attached hydrogen (secondary N) is 1. The van der Waals surface area contributed by atoms with E-state index in [1.807, 2.05) is 43.3 Å². The molecule has 0 fully saturated rings. The van der Waals surface area contributed by atoms with Gasteiger partial charge >= 0.3 is 0 Å². The van der Waals surface area contributed by atoms with Crippen LogP contribution in [0.4, 0.5) is 10.1 Å². The van der Waals surface area contributed by atoms with Crippen molar-refractivity contribution in [2.45, 2.75) is 19.8 Å². The summed E-state index contributed by atoms with van der Waals surface area (Å²) in [5.41, 5.74) is 4.57. The van der Waals surface area contributed by atoms with Crippen molar-refractivity contribution in [3.8, 4) is 11.1 Å². The highest BCUT2D eigenvalue weighted by Crippen LogP contribution is 2.25. The van der Waals surface area contributed by atoms with Gasteiger partial charge in [-0.05, 0) is 82.9 Å². The molecule has 3 rings (SSSR count). The van der Waals surface area contributed by atoms with Crippen molar-refractivity contribution in [3.05, 3.63) is 82.3 Å². The predicted molar refractivity (Wildman–Crippen MR) is 106 cm³/mol. The number of rotatable bonds is 4. The number of benzene rings is 2. The Balaban J connectivity index is 1.72. The lowest BCUT2D eigenvalue weighted by molar-refractivity contribution is -0.117. The first kappa shape index (κ1) is 18.3. The van der Waals surface area contributed by atoms with Crippen LogP contribution in [0.5, 0.6) is 0 Å². The van der Waals surface area contributed by atoms with Crippen LogP contribution in [0.25, 0.3) is 11.1 Å². The highest BCUT2D eigenvalue weighted by molar-refractivity contribution is 9.10. The SMILES string of the molecule is Cc1cc(-c2ccc(NC(=O)C(C)c3ccc(F)c(Br)c3)cc2)ccn1. The highest BCUT2D eigenvalue weighted by atomic mass is 79.9. The van der Waals surface area contributed by atoms with Crippen LogP contribution in [0.3, 0.4) is 0 Å². The van der Waals surface area contributed by atoms with Gasteiger partial charge in [-0.15, -0.1) is 0 Å². The molecule has 26 heavy (non-hydrogen) atoms. The van der Waals surface area contributed by atoms with Gasteiger partial charge in [0.05, 0.1) is 10.4 Å². The maximum atomic E-state index is 13.4. The highest BCUT2D eigenvalue weighted by Gasteiger charge is 2.16. The first-order valence-corrected chi connectivity index (χ1v) is 9.02. The van der Waals surface area contributed by atoms with Crippen LogP contribution in [0.1, 0.15) is 24.1 Å². The van der Waals surface area contributed by atoms with Crippen molar-refractivity contribution in [3.63, 3.8) is 0 Å². The molecular formula is C21H18BrFN2O. The molecule has 132 valence electrons. The van der Waals surface area contributed by atoms with Crippen LogP contribution in [0, 0.1) is 12.7 Å². The number of hydrogen-bond acceptors (Lipinski definition) is 2. The molecule has 3 aromatic rings. The summed E-state index contributed by atoms with van der Waals surface area (Å²) in [7, 11) is 0. The quantitative estimate of drug-likeness (QED) is 0.596. The number of nitrogens with zero attached hydrogens (tertiary/aromatic N) is 1. The van der Waals surface area contributed by atoms with Gasteiger partial charge in [0, 0.05) is 17.6 Å². The van der Waals surface area contributed by atoms with Gasteiger partial charge in [0.1, 0.15) is 5.82 Å². The minimum Gasteiger partial charge on any atom is -0.326 e. The molecule has 0 aliphatic rings. The first-order chi connectivity index (χ1) is 12.4. The van der Waals surface area contributed by atoms with Crippen molar-refractivity contribution in [2.75, 3.05) is 5.32 Å². The molecule has 1 atom stereocenters. The van der Waals surface area contributed by atoms with E-state index in [9.17, 15) is 9.18 Å². The van der Waals surface area contributed by atoms with Crippen LogP contribution in [-0.4, -0.2) is 10.9 Å². The second kappa shape index (κ2) is 7.79. The molecular weight excluding hydrogens is 395 g/mol. The summed E-state index contributed by atoms with van der Waals surface area (Å²) in [6.45, 7) is 3.75. The lowest BCUT2D eigenvalue weighted by Crippen LogP contribution is -2.18. The Morgan fingerprint density at radius 1 is 1.08 bits per heavy atom. The fourth-order valence-electron chi connectivity index (χ4n) is 2.65. The van der Waals surface area contributed by atoms with Gasteiger partial charge in [-0.1, -0.05) is 18.2 Å². The molecule has 0 aliphatic heterocycles. The summed E-state index contributed by atoms with van der Waals surface area (Å²) < 4.78 is 13.7. The Labute approximate surface area is 160 Å². The third kappa shape index (κ3) is 4.17. The maximum absolute atomic E-state index is 13.4. The maximum Gasteiger partial charge on any atom is 0.231 e. The Morgan fingerprint density at radius 3 is 2.46 bits per heavy atom. The molecule has 1 unspecified atom stereocenters. The number of hydrogen-bond donors (Lipinski definition) is 1. The average molecular weight is 413 g/mol. The molecule has 1 heterocycles. The second-order valence-electron chi connectivity index (χ2n) is 6.15. The number of carbonyl (C=O) groups is 1. The van der Waals surface area contributed by atoms with E-state index in [1.54, 1.807) is 25.3 Å². The molecule has 0 bridgehead atoms. The van der Waals surface area contributed by atoms with E-state index in [0.29, 0.717) is 4.47 Å². The zero-order valence-electron chi connectivity index (χ0n) is 14.5.